The third-order valence-electron chi connectivity index (χ3n) is 8.58. The Bertz CT molecular complexity index is 1150. The molecule has 212 valence electrons. The van der Waals surface area contributed by atoms with Gasteiger partial charge in [-0.25, -0.2) is 14.4 Å². The molecule has 0 spiro atoms. The zero-order valence-corrected chi connectivity index (χ0v) is 21.8. The fourth-order valence-corrected chi connectivity index (χ4v) is 5.91. The molecule has 2 aromatic rings. The van der Waals surface area contributed by atoms with Crippen LogP contribution >= 0.6 is 0 Å². The van der Waals surface area contributed by atoms with E-state index in [-0.39, 0.29) is 43.5 Å². The van der Waals surface area contributed by atoms with Crippen molar-refractivity contribution in [3.63, 3.8) is 0 Å². The lowest BCUT2D eigenvalue weighted by Gasteiger charge is -2.47. The Morgan fingerprint density at radius 3 is 2.44 bits per heavy atom. The van der Waals surface area contributed by atoms with E-state index in [1.54, 1.807) is 6.07 Å². The molecular formula is C28H34F4N4O3. The SMILES string of the molecule is O=C(c1ccc(-c2cnc(OCC3CCN(CC4(C(F)(F)F)CCC4)CC3)cn2)cc1F)N1CCCC1CO. The van der Waals surface area contributed by atoms with Crippen LogP contribution in [0.3, 0.4) is 0 Å². The Labute approximate surface area is 225 Å². The van der Waals surface area contributed by atoms with Crippen LogP contribution in [0.4, 0.5) is 17.6 Å². The topological polar surface area (TPSA) is 78.8 Å². The van der Waals surface area contributed by atoms with E-state index in [1.165, 1.54) is 29.4 Å². The van der Waals surface area contributed by atoms with Crippen molar-refractivity contribution in [2.24, 2.45) is 11.3 Å². The second kappa shape index (κ2) is 11.4. The third-order valence-corrected chi connectivity index (χ3v) is 8.58. The van der Waals surface area contributed by atoms with Crippen LogP contribution in [0.15, 0.2) is 30.6 Å². The normalized spacial score (nSPS) is 22.1. The maximum Gasteiger partial charge on any atom is 0.395 e. The summed E-state index contributed by atoms with van der Waals surface area (Å²) in [5.74, 6) is -0.540. The summed E-state index contributed by atoms with van der Waals surface area (Å²) >= 11 is 0. The first-order chi connectivity index (χ1) is 18.7. The molecule has 1 aliphatic carbocycles. The second-order valence-corrected chi connectivity index (χ2v) is 11.1. The molecule has 1 aromatic carbocycles. The molecule has 1 unspecified atom stereocenters. The van der Waals surface area contributed by atoms with Gasteiger partial charge in [0.25, 0.3) is 5.91 Å². The van der Waals surface area contributed by atoms with Gasteiger partial charge in [-0.2, -0.15) is 13.2 Å². The number of aromatic nitrogens is 2. The number of aliphatic hydroxyl groups excluding tert-OH is 1. The van der Waals surface area contributed by atoms with E-state index in [0.717, 1.165) is 19.3 Å². The fourth-order valence-electron chi connectivity index (χ4n) is 5.91. The zero-order chi connectivity index (χ0) is 27.6. The molecule has 11 heteroatoms. The predicted octanol–water partition coefficient (Wildman–Crippen LogP) is 4.70. The number of amides is 1. The molecule has 3 fully saturated rings. The number of hydrogen-bond acceptors (Lipinski definition) is 6. The summed E-state index contributed by atoms with van der Waals surface area (Å²) in [6, 6.07) is 4.02. The minimum absolute atomic E-state index is 0.0423. The van der Waals surface area contributed by atoms with Gasteiger partial charge in [0.15, 0.2) is 0 Å². The van der Waals surface area contributed by atoms with Crippen LogP contribution in [0.1, 0.15) is 55.3 Å². The highest BCUT2D eigenvalue weighted by molar-refractivity contribution is 5.95. The molecule has 7 nitrogen and oxygen atoms in total. The Morgan fingerprint density at radius 1 is 1.08 bits per heavy atom. The molecule has 2 saturated heterocycles. The highest BCUT2D eigenvalue weighted by Gasteiger charge is 2.58. The van der Waals surface area contributed by atoms with E-state index in [1.807, 2.05) is 4.90 Å². The Morgan fingerprint density at radius 2 is 1.85 bits per heavy atom. The molecule has 0 radical (unpaired) electrons. The van der Waals surface area contributed by atoms with Gasteiger partial charge in [-0.15, -0.1) is 0 Å². The fraction of sp³-hybridized carbons (Fsp3) is 0.607. The molecule has 5 rings (SSSR count). The van der Waals surface area contributed by atoms with Crippen LogP contribution in [0, 0.1) is 17.2 Å². The van der Waals surface area contributed by atoms with Crippen molar-refractivity contribution in [3.8, 4) is 17.1 Å². The van der Waals surface area contributed by atoms with Crippen molar-refractivity contribution in [1.29, 1.82) is 0 Å². The summed E-state index contributed by atoms with van der Waals surface area (Å²) in [4.78, 5) is 24.8. The number of nitrogens with zero attached hydrogens (tertiary/aromatic N) is 4. The number of ether oxygens (including phenoxy) is 1. The Balaban J connectivity index is 1.11. The number of rotatable bonds is 8. The van der Waals surface area contributed by atoms with E-state index in [4.69, 9.17) is 4.74 Å². The predicted molar refractivity (Wildman–Crippen MR) is 136 cm³/mol. The van der Waals surface area contributed by atoms with Crippen LogP contribution in [0.5, 0.6) is 5.88 Å². The largest absolute Gasteiger partial charge is 0.476 e. The summed E-state index contributed by atoms with van der Waals surface area (Å²) in [6.07, 6.45) is 2.91. The minimum atomic E-state index is -4.14. The number of alkyl halides is 3. The average Bonchev–Trinajstić information content (AvgIpc) is 3.38. The molecule has 1 amide bonds. The first kappa shape index (κ1) is 27.8. The number of aliphatic hydroxyl groups is 1. The maximum absolute atomic E-state index is 14.8. The minimum Gasteiger partial charge on any atom is -0.476 e. The van der Waals surface area contributed by atoms with Crippen molar-refractivity contribution in [2.45, 2.75) is 57.2 Å². The van der Waals surface area contributed by atoms with Crippen molar-refractivity contribution < 1.29 is 32.2 Å². The molecule has 1 saturated carbocycles. The summed E-state index contributed by atoms with van der Waals surface area (Å²) in [7, 11) is 0. The quantitative estimate of drug-likeness (QED) is 0.480. The highest BCUT2D eigenvalue weighted by Crippen LogP contribution is 2.53. The van der Waals surface area contributed by atoms with Crippen molar-refractivity contribution >= 4 is 5.91 Å². The summed E-state index contributed by atoms with van der Waals surface area (Å²) in [5.41, 5.74) is -0.667. The van der Waals surface area contributed by atoms with Gasteiger partial charge in [0.1, 0.15) is 5.82 Å². The lowest BCUT2D eigenvalue weighted by atomic mass is 9.67. The van der Waals surface area contributed by atoms with Crippen molar-refractivity contribution in [1.82, 2.24) is 19.8 Å². The molecule has 0 bridgehead atoms. The van der Waals surface area contributed by atoms with Gasteiger partial charge < -0.3 is 19.6 Å². The Hall–Kier alpha value is -2.79. The number of hydrogen-bond donors (Lipinski definition) is 1. The van der Waals surface area contributed by atoms with Crippen LogP contribution in [0.2, 0.25) is 0 Å². The molecule has 1 atom stereocenters. The lowest BCUT2D eigenvalue weighted by Crippen LogP contribution is -2.53. The number of carbonyl (C=O) groups excluding carboxylic acids is 1. The average molecular weight is 551 g/mol. The molecule has 3 aliphatic rings. The van der Waals surface area contributed by atoms with E-state index < -0.39 is 23.3 Å². The standard InChI is InChI=1S/C28H34F4N4O3/c29-23-13-20(4-5-22(23)26(38)36-10-1-3-21(36)16-37)24-14-34-25(15-33-24)39-17-19-6-11-35(12-7-19)18-27(8-2-9-27)28(30,31)32/h4-5,13-15,19,21,37H,1-3,6-12,16-18H2. The monoisotopic (exact) mass is 550 g/mol. The number of halogens is 4. The molecule has 1 aromatic heterocycles. The van der Waals surface area contributed by atoms with Gasteiger partial charge in [0, 0.05) is 18.7 Å². The first-order valence-corrected chi connectivity index (χ1v) is 13.6. The van der Waals surface area contributed by atoms with Crippen LogP contribution in [0.25, 0.3) is 11.3 Å². The molecule has 39 heavy (non-hydrogen) atoms. The number of benzene rings is 1. The summed E-state index contributed by atoms with van der Waals surface area (Å²) in [5, 5.41) is 9.46. The van der Waals surface area contributed by atoms with Crippen LogP contribution in [-0.2, 0) is 0 Å². The van der Waals surface area contributed by atoms with Gasteiger partial charge in [-0.05, 0) is 69.7 Å². The molecular weight excluding hydrogens is 516 g/mol. The van der Waals surface area contributed by atoms with Crippen LogP contribution < -0.4 is 4.74 Å². The van der Waals surface area contributed by atoms with Gasteiger partial charge in [-0.1, -0.05) is 12.5 Å². The van der Waals surface area contributed by atoms with E-state index in [9.17, 15) is 27.5 Å². The van der Waals surface area contributed by atoms with Gasteiger partial charge in [0.05, 0.1) is 48.3 Å². The molecule has 2 aliphatic heterocycles. The highest BCUT2D eigenvalue weighted by atomic mass is 19.4. The van der Waals surface area contributed by atoms with Gasteiger partial charge in [-0.3, -0.25) is 4.79 Å². The zero-order valence-electron chi connectivity index (χ0n) is 21.8. The molecule has 3 heterocycles. The van der Waals surface area contributed by atoms with Crippen molar-refractivity contribution in [2.75, 3.05) is 39.4 Å². The number of likely N-dealkylation sites (tertiary alicyclic amines) is 2. The summed E-state index contributed by atoms with van der Waals surface area (Å²) in [6.45, 7) is 2.10. The van der Waals surface area contributed by atoms with E-state index in [0.29, 0.717) is 56.2 Å². The summed E-state index contributed by atoms with van der Waals surface area (Å²) < 4.78 is 61.1. The second-order valence-electron chi connectivity index (χ2n) is 11.1. The smallest absolute Gasteiger partial charge is 0.395 e. The molecule has 1 N–H and O–H groups in total. The Kier molecular flexibility index (Phi) is 8.09. The lowest BCUT2D eigenvalue weighted by molar-refractivity contribution is -0.256. The van der Waals surface area contributed by atoms with E-state index >= 15 is 0 Å². The van der Waals surface area contributed by atoms with Gasteiger partial charge >= 0.3 is 6.18 Å². The number of carbonyl (C=O) groups is 1. The third kappa shape index (κ3) is 5.89. The van der Waals surface area contributed by atoms with E-state index in [2.05, 4.69) is 9.97 Å². The van der Waals surface area contributed by atoms with Crippen LogP contribution in [-0.4, -0.2) is 82.4 Å². The number of piperidine rings is 1. The van der Waals surface area contributed by atoms with Gasteiger partial charge in [0.2, 0.25) is 5.88 Å². The first-order valence-electron chi connectivity index (χ1n) is 13.6. The maximum atomic E-state index is 14.8. The van der Waals surface area contributed by atoms with Crippen molar-refractivity contribution in [3.05, 3.63) is 42.0 Å².